The van der Waals surface area contributed by atoms with Crippen molar-refractivity contribution >= 4 is 9.81 Å². The molecule has 0 aromatic rings. The van der Waals surface area contributed by atoms with Crippen LogP contribution < -0.4 is 0 Å². The van der Waals surface area contributed by atoms with Gasteiger partial charge in [0.2, 0.25) is 0 Å². The molecule has 0 bridgehead atoms. The normalized spacial score (nSPS) is 1.40. The van der Waals surface area contributed by atoms with Crippen molar-refractivity contribution in [2.24, 2.45) is 0 Å². The minimum atomic E-state index is -0.250. The molecular weight excluding hydrogens is 464 g/mol. The average Bonchev–Trinajstić information content (AvgIpc) is 1.46. The Bertz CT molecular complexity index is 49.5. The molecule has 0 unspecified atom stereocenters. The van der Waals surface area contributed by atoms with Gasteiger partial charge in [0.15, 0.2) is 0 Å². The summed E-state index contributed by atoms with van der Waals surface area (Å²) in [7, 11) is 0. The molecule has 0 heterocycles. The van der Waals surface area contributed by atoms with Gasteiger partial charge in [-0.15, -0.1) is 0 Å². The van der Waals surface area contributed by atoms with Gasteiger partial charge in [-0.25, -0.2) is 0 Å². The standard InChI is InChI=1S/5CH3.2CH2.CH.2W/h5*1H3;2*1H2;1H;;/q5*-1;;;;;. The molecule has 0 nitrogen and oxygen atoms in total. The minimum absolute atomic E-state index is 0. The molecule has 0 aliphatic carbocycles. The van der Waals surface area contributed by atoms with E-state index in [1.54, 1.807) is 0 Å². The summed E-state index contributed by atoms with van der Waals surface area (Å²) in [6, 6.07) is 0. The summed E-state index contributed by atoms with van der Waals surface area (Å²) in [6.07, 6.45) is 0. The maximum atomic E-state index is 4.58. The molecule has 0 amide bonds. The molecule has 0 spiro atoms. The van der Waals surface area contributed by atoms with Crippen LogP contribution in [0.5, 0.6) is 0 Å². The Kier molecular flexibility index (Phi) is 1530. The molecule has 10 heavy (non-hydrogen) atoms. The molecule has 0 N–H and O–H groups in total. The van der Waals surface area contributed by atoms with E-state index in [1.165, 1.54) is 0 Å². The summed E-state index contributed by atoms with van der Waals surface area (Å²) >= 11 is 0.833. The zero-order chi connectivity index (χ0) is 4.71. The van der Waals surface area contributed by atoms with Crippen LogP contribution in [-0.2, 0) is 36.8 Å². The summed E-state index contributed by atoms with van der Waals surface area (Å²) < 4.78 is 4.58. The van der Waals surface area contributed by atoms with Gasteiger partial charge in [0.1, 0.15) is 0 Å². The van der Waals surface area contributed by atoms with E-state index >= 15 is 0 Å². The summed E-state index contributed by atoms with van der Waals surface area (Å²) in [5.74, 6) is 0. The molecule has 0 rings (SSSR count). The van der Waals surface area contributed by atoms with Crippen LogP contribution in [0.1, 0.15) is 0 Å². The van der Waals surface area contributed by atoms with Crippen molar-refractivity contribution in [1.82, 2.24) is 0 Å². The second kappa shape index (κ2) is 218. The van der Waals surface area contributed by atoms with E-state index in [9.17, 15) is 0 Å². The quantitative estimate of drug-likeness (QED) is 0.464. The first-order chi connectivity index (χ1) is 2.41. The first-order valence-electron chi connectivity index (χ1n) is 0.813. The fourth-order valence-corrected chi connectivity index (χ4v) is 0. The monoisotopic (exact) mass is 484 g/mol. The first kappa shape index (κ1) is 70.3. The van der Waals surface area contributed by atoms with Crippen molar-refractivity contribution in [1.29, 1.82) is 0 Å². The Morgan fingerprint density at radius 1 is 0.800 bits per heavy atom. The molecule has 0 fully saturated rings. The van der Waals surface area contributed by atoms with Gasteiger partial charge in [0.25, 0.3) is 0 Å². The van der Waals surface area contributed by atoms with Gasteiger partial charge >= 0.3 is 51.3 Å². The molecule has 2 heteroatoms. The Hall–Kier alpha value is 0.897. The van der Waals surface area contributed by atoms with E-state index in [0.29, 0.717) is 0 Å². The topological polar surface area (TPSA) is 0 Å². The third kappa shape index (κ3) is 690. The van der Waals surface area contributed by atoms with E-state index in [0.717, 1.165) is 19.2 Å². The van der Waals surface area contributed by atoms with E-state index < -0.39 is 0 Å². The first-order valence-corrected chi connectivity index (χ1v) is 6.66. The Labute approximate surface area is 88.0 Å². The van der Waals surface area contributed by atoms with Gasteiger partial charge in [0.05, 0.1) is 0 Å². The second-order valence-corrected chi connectivity index (χ2v) is 1.67. The van der Waals surface area contributed by atoms with E-state index in [2.05, 4.69) is 14.5 Å². The van der Waals surface area contributed by atoms with Crippen molar-refractivity contribution in [2.75, 3.05) is 0 Å². The van der Waals surface area contributed by atoms with Crippen molar-refractivity contribution in [3.05, 3.63) is 37.1 Å². The van der Waals surface area contributed by atoms with Gasteiger partial charge in [-0.2, -0.15) is 0 Å². The molecule has 0 aromatic heterocycles. The Balaban J connectivity index is -0.00000000246. The van der Waals surface area contributed by atoms with Gasteiger partial charge < -0.3 is 37.1 Å². The number of hydrogen-bond acceptors (Lipinski definition) is 0. The summed E-state index contributed by atoms with van der Waals surface area (Å²) in [4.78, 5) is 7.08. The summed E-state index contributed by atoms with van der Waals surface area (Å²) in [5.41, 5.74) is 0. The van der Waals surface area contributed by atoms with Crippen molar-refractivity contribution < 1.29 is 36.8 Å². The van der Waals surface area contributed by atoms with Gasteiger partial charge in [-0.05, 0) is 0 Å². The molecule has 0 saturated carbocycles. The predicted molar refractivity (Wildman–Crippen MR) is 51.3 cm³/mol. The van der Waals surface area contributed by atoms with Crippen LogP contribution in [0.2, 0.25) is 0 Å². The zero-order valence-electron chi connectivity index (χ0n) is 7.81. The molecular formula is C8H20W2-5. The molecule has 69 valence electrons. The molecule has 0 saturated heterocycles. The van der Waals surface area contributed by atoms with Crippen LogP contribution in [0.25, 0.3) is 0 Å². The van der Waals surface area contributed by atoms with E-state index in [1.807, 2.05) is 0 Å². The van der Waals surface area contributed by atoms with Gasteiger partial charge in [0, 0.05) is 0 Å². The van der Waals surface area contributed by atoms with E-state index in [-0.39, 0.29) is 54.8 Å². The fourth-order valence-electron chi connectivity index (χ4n) is 0. The molecule has 0 aliphatic heterocycles. The number of hydrogen-bond donors (Lipinski definition) is 0. The van der Waals surface area contributed by atoms with Crippen LogP contribution in [0.3, 0.4) is 0 Å². The van der Waals surface area contributed by atoms with Crippen LogP contribution in [-0.4, -0.2) is 9.81 Å². The van der Waals surface area contributed by atoms with Crippen LogP contribution in [0.4, 0.5) is 0 Å². The third-order valence-corrected chi connectivity index (χ3v) is 0. The van der Waals surface area contributed by atoms with Crippen LogP contribution in [0.15, 0.2) is 0 Å². The Morgan fingerprint density at radius 3 is 0.800 bits per heavy atom. The van der Waals surface area contributed by atoms with Crippen molar-refractivity contribution in [2.45, 2.75) is 0 Å². The SMILES string of the molecule is [CH2]=[W]=[CH2].[CH3-].[CH3-].[CH3-].[CH3-].[CH3-].[CH]#[W]. The molecule has 0 aromatic carbocycles. The molecule has 0 radical (unpaired) electrons. The summed E-state index contributed by atoms with van der Waals surface area (Å²) in [5, 5.41) is 0. The van der Waals surface area contributed by atoms with E-state index in [4.69, 9.17) is 0 Å². The van der Waals surface area contributed by atoms with Gasteiger partial charge in [-0.3, -0.25) is 0 Å². The predicted octanol–water partition coefficient (Wildman–Crippen LogP) is 2.31. The zero-order valence-corrected chi connectivity index (χ0v) is 13.7. The van der Waals surface area contributed by atoms with Crippen molar-refractivity contribution in [3.8, 4) is 4.71 Å². The second-order valence-electron chi connectivity index (χ2n) is 0.204. The van der Waals surface area contributed by atoms with Crippen LogP contribution >= 0.6 is 0 Å². The third-order valence-electron chi connectivity index (χ3n) is 0. The van der Waals surface area contributed by atoms with Crippen molar-refractivity contribution in [3.63, 3.8) is 0 Å². The average molecular weight is 484 g/mol. The molecule has 0 atom stereocenters. The maximum absolute atomic E-state index is 4.58. The molecule has 0 aliphatic rings. The fraction of sp³-hybridized carbons (Fsp3) is 0. The van der Waals surface area contributed by atoms with Gasteiger partial charge in [-0.1, -0.05) is 0 Å². The summed E-state index contributed by atoms with van der Waals surface area (Å²) in [6.45, 7) is 0. The van der Waals surface area contributed by atoms with Crippen LogP contribution in [0, 0.1) is 41.8 Å². The Morgan fingerprint density at radius 2 is 0.800 bits per heavy atom. The number of rotatable bonds is 0.